The first-order chi connectivity index (χ1) is 16.9. The van der Waals surface area contributed by atoms with Gasteiger partial charge in [0.15, 0.2) is 0 Å². The first-order valence-electron chi connectivity index (χ1n) is 11.6. The summed E-state index contributed by atoms with van der Waals surface area (Å²) in [5, 5.41) is 2.75. The molecule has 0 spiro atoms. The van der Waals surface area contributed by atoms with Crippen molar-refractivity contribution in [1.82, 2.24) is 9.80 Å². The van der Waals surface area contributed by atoms with Crippen LogP contribution in [0, 0.1) is 13.8 Å². The third-order valence-corrected chi connectivity index (χ3v) is 7.60. The third-order valence-electron chi connectivity index (χ3n) is 6.18. The Labute approximate surface area is 215 Å². The summed E-state index contributed by atoms with van der Waals surface area (Å²) in [5.74, 6) is 0.426. The van der Waals surface area contributed by atoms with Crippen LogP contribution >= 0.6 is 22.9 Å². The molecule has 0 N–H and O–H groups in total. The normalized spacial score (nSPS) is 14.8. The second-order valence-corrected chi connectivity index (χ2v) is 10.1. The number of aryl methyl sites for hydroxylation is 2. The van der Waals surface area contributed by atoms with Crippen LogP contribution in [0.1, 0.15) is 38.0 Å². The van der Waals surface area contributed by atoms with E-state index in [0.29, 0.717) is 36.0 Å². The van der Waals surface area contributed by atoms with Gasteiger partial charge in [0, 0.05) is 28.6 Å². The largest absolute Gasteiger partial charge is 0.491 e. The molecule has 3 aromatic rings. The number of hydrogen-bond donors (Lipinski definition) is 0. The lowest BCUT2D eigenvalue weighted by Crippen LogP contribution is -2.47. The number of thiophene rings is 1. The van der Waals surface area contributed by atoms with E-state index in [9.17, 15) is 9.59 Å². The molecule has 0 saturated carbocycles. The van der Waals surface area contributed by atoms with Gasteiger partial charge in [-0.2, -0.15) is 0 Å². The molecule has 2 amide bonds. The lowest BCUT2D eigenvalue weighted by atomic mass is 10.00. The minimum atomic E-state index is -0.229. The van der Waals surface area contributed by atoms with Crippen LogP contribution in [0.4, 0.5) is 0 Å². The zero-order valence-corrected chi connectivity index (χ0v) is 21.6. The van der Waals surface area contributed by atoms with Crippen molar-refractivity contribution in [2.24, 2.45) is 0 Å². The Hall–Kier alpha value is -3.09. The van der Waals surface area contributed by atoms with E-state index >= 15 is 0 Å². The number of hydrogen-bond acceptors (Lipinski definition) is 4. The van der Waals surface area contributed by atoms with Gasteiger partial charge in [0.25, 0.3) is 5.91 Å². The summed E-state index contributed by atoms with van der Waals surface area (Å²) in [6.45, 7) is 8.84. The van der Waals surface area contributed by atoms with Crippen LogP contribution in [-0.2, 0) is 11.2 Å². The lowest BCUT2D eigenvalue weighted by molar-refractivity contribution is -0.135. The number of carbonyl (C=O) groups is 2. The predicted molar refractivity (Wildman–Crippen MR) is 141 cm³/mol. The molecule has 35 heavy (non-hydrogen) atoms. The number of benzene rings is 2. The van der Waals surface area contributed by atoms with Crippen LogP contribution in [0.5, 0.6) is 5.75 Å². The van der Waals surface area contributed by atoms with Crippen LogP contribution in [-0.4, -0.2) is 47.9 Å². The van der Waals surface area contributed by atoms with E-state index < -0.39 is 0 Å². The van der Waals surface area contributed by atoms with Gasteiger partial charge in [-0.05, 0) is 73.2 Å². The van der Waals surface area contributed by atoms with Crippen LogP contribution in [0.2, 0.25) is 5.02 Å². The van der Waals surface area contributed by atoms with Gasteiger partial charge in [0.2, 0.25) is 5.91 Å². The van der Waals surface area contributed by atoms with Gasteiger partial charge in [0.05, 0.1) is 6.04 Å². The molecule has 2 aromatic carbocycles. The van der Waals surface area contributed by atoms with E-state index in [1.54, 1.807) is 28.4 Å². The molecule has 182 valence electrons. The second kappa shape index (κ2) is 11.1. The molecule has 0 bridgehead atoms. The standard InChI is InChI=1S/C28H29ClN2O3S/c1-4-12-30(28(33)21-7-5-6-19(2)15-21)17-27(32)31-13-10-26-23(11-14-35-26)25(31)18-34-22-8-9-24(29)20(3)16-22/h4-9,11,14-16,25H,1,10,12-13,17-18H2,2-3H3/t25-/m1/s1. The van der Waals surface area contributed by atoms with Crippen molar-refractivity contribution < 1.29 is 14.3 Å². The van der Waals surface area contributed by atoms with Crippen LogP contribution in [0.3, 0.4) is 0 Å². The molecule has 0 aliphatic carbocycles. The van der Waals surface area contributed by atoms with E-state index in [1.165, 1.54) is 4.88 Å². The average Bonchev–Trinajstić information content (AvgIpc) is 3.33. The van der Waals surface area contributed by atoms with Gasteiger partial charge in [-0.25, -0.2) is 0 Å². The summed E-state index contributed by atoms with van der Waals surface area (Å²) >= 11 is 7.86. The van der Waals surface area contributed by atoms with E-state index in [-0.39, 0.29) is 24.4 Å². The molecule has 0 unspecified atom stereocenters. The molecule has 0 fully saturated rings. The summed E-state index contributed by atoms with van der Waals surface area (Å²) < 4.78 is 6.13. The van der Waals surface area contributed by atoms with E-state index in [2.05, 4.69) is 18.0 Å². The Morgan fingerprint density at radius 2 is 2.06 bits per heavy atom. The third kappa shape index (κ3) is 5.77. The second-order valence-electron chi connectivity index (χ2n) is 8.72. The number of ether oxygens (including phenoxy) is 1. The molecule has 0 radical (unpaired) electrons. The molecule has 0 saturated heterocycles. The average molecular weight is 509 g/mol. The molecule has 1 atom stereocenters. The van der Waals surface area contributed by atoms with Crippen molar-refractivity contribution in [3.05, 3.63) is 98.7 Å². The highest BCUT2D eigenvalue weighted by Crippen LogP contribution is 2.34. The Balaban J connectivity index is 1.53. The molecular weight excluding hydrogens is 480 g/mol. The monoisotopic (exact) mass is 508 g/mol. The van der Waals surface area contributed by atoms with Gasteiger partial charge in [-0.1, -0.05) is 35.4 Å². The molecule has 2 heterocycles. The topological polar surface area (TPSA) is 49.9 Å². The number of amides is 2. The van der Waals surface area contributed by atoms with Gasteiger partial charge in [0.1, 0.15) is 18.9 Å². The zero-order valence-electron chi connectivity index (χ0n) is 20.0. The number of rotatable bonds is 8. The van der Waals surface area contributed by atoms with Crippen LogP contribution < -0.4 is 4.74 Å². The molecule has 4 rings (SSSR count). The minimum Gasteiger partial charge on any atom is -0.491 e. The number of nitrogens with zero attached hydrogens (tertiary/aromatic N) is 2. The molecule has 7 heteroatoms. The molecule has 1 aromatic heterocycles. The first kappa shape index (κ1) is 25.0. The van der Waals surface area contributed by atoms with Crippen molar-refractivity contribution in [2.75, 3.05) is 26.2 Å². The van der Waals surface area contributed by atoms with Crippen molar-refractivity contribution in [1.29, 1.82) is 0 Å². The summed E-state index contributed by atoms with van der Waals surface area (Å²) in [4.78, 5) is 31.4. The fourth-order valence-electron chi connectivity index (χ4n) is 4.35. The maximum Gasteiger partial charge on any atom is 0.254 e. The Kier molecular flexibility index (Phi) is 7.93. The lowest BCUT2D eigenvalue weighted by Gasteiger charge is -2.37. The van der Waals surface area contributed by atoms with E-state index in [0.717, 1.165) is 23.1 Å². The zero-order chi connectivity index (χ0) is 24.9. The number of carbonyl (C=O) groups excluding carboxylic acids is 2. The highest BCUT2D eigenvalue weighted by Gasteiger charge is 2.33. The summed E-state index contributed by atoms with van der Waals surface area (Å²) in [6, 6.07) is 14.8. The maximum absolute atomic E-state index is 13.6. The van der Waals surface area contributed by atoms with Crippen molar-refractivity contribution in [2.45, 2.75) is 26.3 Å². The first-order valence-corrected chi connectivity index (χ1v) is 12.8. The van der Waals surface area contributed by atoms with E-state index in [1.807, 2.05) is 55.1 Å². The maximum atomic E-state index is 13.6. The quantitative estimate of drug-likeness (QED) is 0.358. The fraction of sp³-hybridized carbons (Fsp3) is 0.286. The Bertz CT molecular complexity index is 1240. The Morgan fingerprint density at radius 1 is 1.23 bits per heavy atom. The number of halogens is 1. The summed E-state index contributed by atoms with van der Waals surface area (Å²) in [7, 11) is 0. The molecular formula is C28H29ClN2O3S. The molecule has 1 aliphatic heterocycles. The van der Waals surface area contributed by atoms with E-state index in [4.69, 9.17) is 16.3 Å². The van der Waals surface area contributed by atoms with Crippen molar-refractivity contribution in [3.63, 3.8) is 0 Å². The summed E-state index contributed by atoms with van der Waals surface area (Å²) in [5.41, 5.74) is 3.61. The van der Waals surface area contributed by atoms with Crippen molar-refractivity contribution in [3.8, 4) is 5.75 Å². The highest BCUT2D eigenvalue weighted by atomic mass is 35.5. The predicted octanol–water partition coefficient (Wildman–Crippen LogP) is 5.85. The molecule has 5 nitrogen and oxygen atoms in total. The summed E-state index contributed by atoms with van der Waals surface area (Å²) in [6.07, 6.45) is 2.44. The SMILES string of the molecule is C=CCN(CC(=O)N1CCc2sccc2[C@H]1COc1ccc(Cl)c(C)c1)C(=O)c1cccc(C)c1. The minimum absolute atomic E-state index is 0.0190. The van der Waals surface area contributed by atoms with Gasteiger partial charge >= 0.3 is 0 Å². The fourth-order valence-corrected chi connectivity index (χ4v) is 5.39. The molecule has 1 aliphatic rings. The van der Waals surface area contributed by atoms with Crippen LogP contribution in [0.15, 0.2) is 66.6 Å². The highest BCUT2D eigenvalue weighted by molar-refractivity contribution is 7.10. The smallest absolute Gasteiger partial charge is 0.254 e. The Morgan fingerprint density at radius 3 is 2.80 bits per heavy atom. The van der Waals surface area contributed by atoms with Gasteiger partial charge < -0.3 is 14.5 Å². The van der Waals surface area contributed by atoms with Crippen molar-refractivity contribution >= 4 is 34.8 Å². The van der Waals surface area contributed by atoms with Gasteiger partial charge in [-0.3, -0.25) is 9.59 Å². The van der Waals surface area contributed by atoms with Crippen LogP contribution in [0.25, 0.3) is 0 Å². The number of fused-ring (bicyclic) bond motifs is 1. The van der Waals surface area contributed by atoms with Gasteiger partial charge in [-0.15, -0.1) is 17.9 Å².